The molecule has 7 heteroatoms. The first-order valence-corrected chi connectivity index (χ1v) is 13.2. The lowest BCUT2D eigenvalue weighted by Crippen LogP contribution is -2.14. The number of anilines is 1. The molecule has 0 heterocycles. The van der Waals surface area contributed by atoms with Crippen molar-refractivity contribution in [2.75, 3.05) is 5.32 Å². The maximum Gasteiger partial charge on any atom is 0.266 e. The van der Waals surface area contributed by atoms with E-state index < -0.39 is 5.91 Å². The lowest BCUT2D eigenvalue weighted by atomic mass is 10.1. The van der Waals surface area contributed by atoms with E-state index in [0.29, 0.717) is 17.3 Å². The first-order chi connectivity index (χ1) is 16.9. The number of nitrogens with zero attached hydrogens (tertiary/aromatic N) is 1. The van der Waals surface area contributed by atoms with Gasteiger partial charge in [-0.05, 0) is 110 Å². The normalized spacial score (nSPS) is 11.2. The highest BCUT2D eigenvalue weighted by Gasteiger charge is 2.14. The molecule has 0 saturated heterocycles. The van der Waals surface area contributed by atoms with Gasteiger partial charge in [-0.25, -0.2) is 0 Å². The molecule has 4 aromatic rings. The highest BCUT2D eigenvalue weighted by molar-refractivity contribution is 14.1. The summed E-state index contributed by atoms with van der Waals surface area (Å²) < 4.78 is 7.99. The molecule has 0 radical (unpaired) electrons. The van der Waals surface area contributed by atoms with Crippen LogP contribution in [0.3, 0.4) is 0 Å². The van der Waals surface area contributed by atoms with E-state index in [4.69, 9.17) is 16.3 Å². The predicted molar refractivity (Wildman–Crippen MR) is 159 cm³/mol. The smallest absolute Gasteiger partial charge is 0.266 e. The minimum Gasteiger partial charge on any atom is -0.487 e. The van der Waals surface area contributed by atoms with E-state index >= 15 is 0 Å². The molecule has 174 valence electrons. The molecule has 1 N–H and O–H groups in total. The van der Waals surface area contributed by atoms with Gasteiger partial charge in [0.2, 0.25) is 0 Å². The first kappa shape index (κ1) is 25.5. The second kappa shape index (κ2) is 11.4. The summed E-state index contributed by atoms with van der Waals surface area (Å²) in [4.78, 5) is 12.7. The fourth-order valence-electron chi connectivity index (χ4n) is 3.60. The van der Waals surface area contributed by atoms with Gasteiger partial charge < -0.3 is 10.1 Å². The summed E-state index contributed by atoms with van der Waals surface area (Å²) in [5.41, 5.74) is 3.28. The van der Waals surface area contributed by atoms with Gasteiger partial charge in [-0.3, -0.25) is 4.79 Å². The molecule has 0 aliphatic rings. The molecule has 0 spiro atoms. The summed E-state index contributed by atoms with van der Waals surface area (Å²) in [5.74, 6) is 0.285. The number of rotatable bonds is 6. The molecule has 1 amide bonds. The third-order valence-corrected chi connectivity index (χ3v) is 7.23. The zero-order chi connectivity index (χ0) is 24.9. The van der Waals surface area contributed by atoms with E-state index in [1.165, 1.54) is 10.8 Å². The number of hydrogen-bond donors (Lipinski definition) is 1. The van der Waals surface area contributed by atoms with E-state index in [0.717, 1.165) is 29.6 Å². The van der Waals surface area contributed by atoms with Crippen molar-refractivity contribution in [3.8, 4) is 11.8 Å². The number of hydrogen-bond acceptors (Lipinski definition) is 3. The van der Waals surface area contributed by atoms with Gasteiger partial charge in [-0.2, -0.15) is 5.26 Å². The number of carbonyl (C=O) groups excluding carboxylic acids is 1. The van der Waals surface area contributed by atoms with Gasteiger partial charge in [0, 0.05) is 10.7 Å². The molecular weight excluding hydrogens is 686 g/mol. The number of fused-ring (bicyclic) bond motifs is 1. The van der Waals surface area contributed by atoms with Crippen LogP contribution in [-0.2, 0) is 11.4 Å². The number of carbonyl (C=O) groups is 1. The summed E-state index contributed by atoms with van der Waals surface area (Å²) in [6, 6.07) is 25.4. The van der Waals surface area contributed by atoms with E-state index in [9.17, 15) is 10.1 Å². The van der Waals surface area contributed by atoms with Gasteiger partial charge in [-0.15, -0.1) is 0 Å². The van der Waals surface area contributed by atoms with Crippen molar-refractivity contribution in [3.63, 3.8) is 0 Å². The third kappa shape index (κ3) is 6.15. The molecule has 0 fully saturated rings. The second-order valence-corrected chi connectivity index (χ2v) is 10.6. The standard InChI is InChI=1S/C28H19ClI2N2O2/c1-17-9-10-22(29)14-26(17)33-28(34)21(15-32)11-18-12-24(30)27(25(31)13-18)35-16-20-7-4-6-19-5-2-3-8-23(19)20/h2-14H,16H2,1H3,(H,33,34)/b21-11+. The molecule has 4 rings (SSSR count). The predicted octanol–water partition coefficient (Wildman–Crippen LogP) is 8.14. The molecule has 0 atom stereocenters. The van der Waals surface area contributed by atoms with Crippen LogP contribution in [0, 0.1) is 25.4 Å². The molecule has 35 heavy (non-hydrogen) atoms. The summed E-state index contributed by atoms with van der Waals surface area (Å²) >= 11 is 10.5. The number of ether oxygens (including phenoxy) is 1. The van der Waals surface area contributed by atoms with Crippen LogP contribution in [0.5, 0.6) is 5.75 Å². The van der Waals surface area contributed by atoms with Crippen molar-refractivity contribution in [1.82, 2.24) is 0 Å². The van der Waals surface area contributed by atoms with Crippen molar-refractivity contribution in [2.24, 2.45) is 0 Å². The monoisotopic (exact) mass is 704 g/mol. The van der Waals surface area contributed by atoms with E-state index in [1.807, 2.05) is 49.4 Å². The van der Waals surface area contributed by atoms with E-state index in [2.05, 4.69) is 74.8 Å². The van der Waals surface area contributed by atoms with Crippen LogP contribution in [0.4, 0.5) is 5.69 Å². The zero-order valence-electron chi connectivity index (χ0n) is 18.6. The first-order valence-electron chi connectivity index (χ1n) is 10.6. The molecule has 4 nitrogen and oxygen atoms in total. The third-order valence-electron chi connectivity index (χ3n) is 5.40. The molecule has 0 bridgehead atoms. The Hall–Kier alpha value is -2.61. The quantitative estimate of drug-likeness (QED) is 0.125. The minimum absolute atomic E-state index is 0.000370. The molecule has 0 aromatic heterocycles. The zero-order valence-corrected chi connectivity index (χ0v) is 23.7. The molecular formula is C28H19ClI2N2O2. The van der Waals surface area contributed by atoms with Gasteiger partial charge in [0.25, 0.3) is 5.91 Å². The van der Waals surface area contributed by atoms with Crippen molar-refractivity contribution in [2.45, 2.75) is 13.5 Å². The average Bonchev–Trinajstić information content (AvgIpc) is 2.84. The Balaban J connectivity index is 1.54. The van der Waals surface area contributed by atoms with Crippen LogP contribution in [0.2, 0.25) is 5.02 Å². The minimum atomic E-state index is -0.487. The average molecular weight is 705 g/mol. The summed E-state index contributed by atoms with van der Waals surface area (Å²) in [7, 11) is 0. The Kier molecular flexibility index (Phi) is 8.31. The lowest BCUT2D eigenvalue weighted by molar-refractivity contribution is -0.112. The topological polar surface area (TPSA) is 62.1 Å². The largest absolute Gasteiger partial charge is 0.487 e. The Morgan fingerprint density at radius 2 is 1.77 bits per heavy atom. The maximum atomic E-state index is 12.7. The number of nitrogens with one attached hydrogen (secondary N) is 1. The van der Waals surface area contributed by atoms with Crippen molar-refractivity contribution < 1.29 is 9.53 Å². The van der Waals surface area contributed by atoms with E-state index in [1.54, 1.807) is 18.2 Å². The van der Waals surface area contributed by atoms with Crippen molar-refractivity contribution in [3.05, 3.63) is 107 Å². The molecule has 0 aliphatic carbocycles. The Morgan fingerprint density at radius 1 is 1.06 bits per heavy atom. The molecule has 0 aliphatic heterocycles. The fraction of sp³-hybridized carbons (Fsp3) is 0.0714. The summed E-state index contributed by atoms with van der Waals surface area (Å²) in [5, 5.41) is 15.2. The fourth-order valence-corrected chi connectivity index (χ4v) is 5.90. The van der Waals surface area contributed by atoms with Gasteiger partial charge in [0.05, 0.1) is 7.14 Å². The van der Waals surface area contributed by atoms with Gasteiger partial charge in [0.1, 0.15) is 24.0 Å². The SMILES string of the molecule is Cc1ccc(Cl)cc1NC(=O)/C(C#N)=C/c1cc(I)c(OCc2cccc3ccccc23)c(I)c1. The summed E-state index contributed by atoms with van der Waals surface area (Å²) in [6.07, 6.45) is 1.58. The van der Waals surface area contributed by atoms with E-state index in [-0.39, 0.29) is 5.57 Å². The maximum absolute atomic E-state index is 12.7. The Bertz CT molecular complexity index is 1480. The number of aryl methyl sites for hydroxylation is 1. The van der Waals surface area contributed by atoms with Gasteiger partial charge in [-0.1, -0.05) is 60.1 Å². The number of halogens is 3. The summed E-state index contributed by atoms with van der Waals surface area (Å²) in [6.45, 7) is 2.30. The Labute approximate surface area is 236 Å². The molecule has 0 saturated carbocycles. The number of amides is 1. The van der Waals surface area contributed by atoms with Crippen molar-refractivity contribution in [1.29, 1.82) is 5.26 Å². The molecule has 0 unspecified atom stereocenters. The van der Waals surface area contributed by atoms with Crippen LogP contribution < -0.4 is 10.1 Å². The molecule has 4 aromatic carbocycles. The van der Waals surface area contributed by atoms with Crippen LogP contribution in [0.15, 0.2) is 78.4 Å². The Morgan fingerprint density at radius 3 is 2.51 bits per heavy atom. The highest BCUT2D eigenvalue weighted by Crippen LogP contribution is 2.31. The number of nitriles is 1. The highest BCUT2D eigenvalue weighted by atomic mass is 127. The van der Waals surface area contributed by atoms with Crippen molar-refractivity contribution >= 4 is 85.2 Å². The van der Waals surface area contributed by atoms with Crippen LogP contribution in [0.1, 0.15) is 16.7 Å². The van der Waals surface area contributed by atoms with Crippen LogP contribution in [-0.4, -0.2) is 5.91 Å². The lowest BCUT2D eigenvalue weighted by Gasteiger charge is -2.13. The van der Waals surface area contributed by atoms with Gasteiger partial charge >= 0.3 is 0 Å². The van der Waals surface area contributed by atoms with Gasteiger partial charge in [0.15, 0.2) is 0 Å². The van der Waals surface area contributed by atoms with Crippen LogP contribution in [0.25, 0.3) is 16.8 Å². The second-order valence-electron chi connectivity index (χ2n) is 7.82. The van der Waals surface area contributed by atoms with Crippen LogP contribution >= 0.6 is 56.8 Å². The number of benzene rings is 4.